The van der Waals surface area contributed by atoms with Crippen LogP contribution in [-0.2, 0) is 23.9 Å². The van der Waals surface area contributed by atoms with E-state index in [1.54, 1.807) is 48.5 Å². The Morgan fingerprint density at radius 2 is 1.35 bits per heavy atom. The molecule has 0 radical (unpaired) electrons. The van der Waals surface area contributed by atoms with E-state index in [0.29, 0.717) is 5.23 Å². The Labute approximate surface area is 141 Å². The molecule has 1 unspecified atom stereocenters. The number of nitrogens with zero attached hydrogens (tertiary/aromatic N) is 1. The lowest BCUT2D eigenvalue weighted by atomic mass is 10.2. The number of ether oxygens (including phenoxy) is 3. The van der Waals surface area contributed by atoms with Crippen molar-refractivity contribution in [1.29, 1.82) is 0 Å². The highest BCUT2D eigenvalue weighted by Crippen LogP contribution is 2.12. The minimum Gasteiger partial charge on any atom is -0.427 e. The number of carbonyl (C=O) groups is 2. The van der Waals surface area contributed by atoms with Gasteiger partial charge in [-0.1, -0.05) is 11.6 Å². The van der Waals surface area contributed by atoms with Gasteiger partial charge in [-0.2, -0.15) is 0 Å². The van der Waals surface area contributed by atoms with Crippen LogP contribution in [0.2, 0.25) is 0 Å². The molecule has 0 aliphatic heterocycles. The topological polar surface area (TPSA) is 83.5 Å². The Balaban J connectivity index is 4.61. The molecule has 0 aromatic carbocycles. The van der Waals surface area contributed by atoms with Crippen LogP contribution in [0, 0.1) is 0 Å². The van der Waals surface area contributed by atoms with E-state index >= 15 is 0 Å². The van der Waals surface area contributed by atoms with Gasteiger partial charge >= 0.3 is 12.3 Å². The molecule has 0 N–H and O–H groups in total. The smallest absolute Gasteiger partial charge is 0.427 e. The number of hydrogen-bond donors (Lipinski definition) is 0. The highest BCUT2D eigenvalue weighted by Gasteiger charge is 2.25. The highest BCUT2D eigenvalue weighted by molar-refractivity contribution is 6.19. The molecule has 1 atom stereocenters. The van der Waals surface area contributed by atoms with Crippen LogP contribution in [0.25, 0.3) is 0 Å². The third-order valence-corrected chi connectivity index (χ3v) is 1.88. The Kier molecular flexibility index (Phi) is 8.65. The van der Waals surface area contributed by atoms with Crippen molar-refractivity contribution in [2.75, 3.05) is 13.2 Å². The molecular weight excluding hydrogens is 330 g/mol. The van der Waals surface area contributed by atoms with Gasteiger partial charge in [0.2, 0.25) is 0 Å². The quantitative estimate of drug-likeness (QED) is 0.406. The van der Waals surface area contributed by atoms with Gasteiger partial charge in [0, 0.05) is 5.23 Å². The Hall–Kier alpha value is -1.25. The number of hydrogen-bond acceptors (Lipinski definition) is 8. The van der Waals surface area contributed by atoms with Crippen LogP contribution in [0.15, 0.2) is 0 Å². The van der Waals surface area contributed by atoms with Gasteiger partial charge in [-0.15, -0.1) is 0 Å². The van der Waals surface area contributed by atoms with Crippen LogP contribution in [0.4, 0.5) is 9.59 Å². The zero-order valence-corrected chi connectivity index (χ0v) is 15.4. The van der Waals surface area contributed by atoms with E-state index in [1.165, 1.54) is 0 Å². The maximum absolute atomic E-state index is 11.6. The summed E-state index contributed by atoms with van der Waals surface area (Å²) in [4.78, 5) is 32.9. The first-order valence-electron chi connectivity index (χ1n) is 7.13. The molecule has 0 fully saturated rings. The first-order valence-corrected chi connectivity index (χ1v) is 7.57. The van der Waals surface area contributed by atoms with Crippen LogP contribution < -0.4 is 0 Å². The van der Waals surface area contributed by atoms with E-state index in [-0.39, 0.29) is 13.2 Å². The van der Waals surface area contributed by atoms with E-state index in [4.69, 9.17) is 35.5 Å². The molecule has 0 heterocycles. The number of hydroxylamine groups is 2. The lowest BCUT2D eigenvalue weighted by molar-refractivity contribution is -0.322. The molecule has 0 bridgehead atoms. The van der Waals surface area contributed by atoms with Crippen molar-refractivity contribution < 1.29 is 33.5 Å². The van der Waals surface area contributed by atoms with Gasteiger partial charge in [0.05, 0.1) is 13.2 Å². The molecule has 23 heavy (non-hydrogen) atoms. The average Bonchev–Trinajstić information content (AvgIpc) is 2.21. The summed E-state index contributed by atoms with van der Waals surface area (Å²) in [6, 6.07) is 0. The van der Waals surface area contributed by atoms with Crippen LogP contribution in [-0.4, -0.2) is 47.5 Å². The van der Waals surface area contributed by atoms with Crippen molar-refractivity contribution >= 4 is 23.9 Å². The largest absolute Gasteiger partial charge is 0.531 e. The maximum Gasteiger partial charge on any atom is 0.531 e. The number of halogens is 1. The Bertz CT molecular complexity index is 358. The maximum atomic E-state index is 11.6. The lowest BCUT2D eigenvalue weighted by Crippen LogP contribution is -2.37. The van der Waals surface area contributed by atoms with Gasteiger partial charge in [0.25, 0.3) is 0 Å². The molecule has 0 aromatic heterocycles. The van der Waals surface area contributed by atoms with Gasteiger partial charge in [-0.05, 0) is 48.5 Å². The summed E-state index contributed by atoms with van der Waals surface area (Å²) >= 11 is 5.64. The standard InChI is InChI=1S/C14H26ClNO7/c1-10(15)19-9-8-16(22-11(17)20-13(2,3)4)23-12(18)21-14(5,6)7/h10H,8-9H2,1-7H3. The Morgan fingerprint density at radius 3 is 1.65 bits per heavy atom. The molecule has 0 rings (SSSR count). The summed E-state index contributed by atoms with van der Waals surface area (Å²) < 4.78 is 15.0. The minimum absolute atomic E-state index is 0.0518. The zero-order chi connectivity index (χ0) is 18.3. The molecule has 0 saturated heterocycles. The number of carbonyl (C=O) groups excluding carboxylic acids is 2. The molecule has 8 nitrogen and oxygen atoms in total. The number of rotatable bonds is 6. The van der Waals surface area contributed by atoms with Crippen molar-refractivity contribution in [1.82, 2.24) is 5.23 Å². The van der Waals surface area contributed by atoms with Crippen molar-refractivity contribution in [3.8, 4) is 0 Å². The fourth-order valence-corrected chi connectivity index (χ4v) is 1.19. The van der Waals surface area contributed by atoms with Gasteiger partial charge in [-0.25, -0.2) is 9.59 Å². The molecule has 0 saturated carbocycles. The molecule has 0 aromatic rings. The third kappa shape index (κ3) is 14.1. The summed E-state index contributed by atoms with van der Waals surface area (Å²) in [5.41, 5.74) is -2.05. The third-order valence-electron chi connectivity index (χ3n) is 1.75. The SMILES string of the molecule is CC(Cl)OCCN(OC(=O)OC(C)(C)C)OC(=O)OC(C)(C)C. The van der Waals surface area contributed by atoms with Crippen LogP contribution >= 0.6 is 11.6 Å². The minimum atomic E-state index is -1.03. The molecule has 0 aliphatic rings. The second-order valence-corrected chi connectivity index (χ2v) is 7.20. The molecule has 136 valence electrons. The fraction of sp³-hybridized carbons (Fsp3) is 0.857. The highest BCUT2D eigenvalue weighted by atomic mass is 35.5. The summed E-state index contributed by atoms with van der Waals surface area (Å²) in [5.74, 6) is 0. The number of alkyl halides is 1. The summed E-state index contributed by atoms with van der Waals surface area (Å²) in [6.45, 7) is 11.6. The predicted octanol–water partition coefficient (Wildman–Crippen LogP) is 3.62. The lowest BCUT2D eigenvalue weighted by Gasteiger charge is -2.24. The second-order valence-electron chi connectivity index (χ2n) is 6.58. The van der Waals surface area contributed by atoms with Crippen LogP contribution in [0.3, 0.4) is 0 Å². The Morgan fingerprint density at radius 1 is 0.957 bits per heavy atom. The van der Waals surface area contributed by atoms with E-state index in [0.717, 1.165) is 0 Å². The second kappa shape index (κ2) is 9.14. The van der Waals surface area contributed by atoms with Crippen molar-refractivity contribution in [3.05, 3.63) is 0 Å². The van der Waals surface area contributed by atoms with Gasteiger partial charge in [0.1, 0.15) is 16.8 Å². The normalized spacial score (nSPS) is 13.4. The average molecular weight is 356 g/mol. The van der Waals surface area contributed by atoms with Crippen molar-refractivity contribution in [3.63, 3.8) is 0 Å². The monoisotopic (exact) mass is 355 g/mol. The molecular formula is C14H26ClNO7. The van der Waals surface area contributed by atoms with Crippen molar-refractivity contribution in [2.45, 2.75) is 65.2 Å². The van der Waals surface area contributed by atoms with Crippen molar-refractivity contribution in [2.24, 2.45) is 0 Å². The van der Waals surface area contributed by atoms with Gasteiger partial charge in [0.15, 0.2) is 0 Å². The molecule has 0 amide bonds. The molecule has 0 spiro atoms. The first-order chi connectivity index (χ1) is 10.3. The summed E-state index contributed by atoms with van der Waals surface area (Å²) in [7, 11) is 0. The predicted molar refractivity (Wildman–Crippen MR) is 82.6 cm³/mol. The van der Waals surface area contributed by atoms with E-state index in [2.05, 4.69) is 0 Å². The fourth-order valence-electron chi connectivity index (χ4n) is 1.10. The van der Waals surface area contributed by atoms with Gasteiger partial charge < -0.3 is 14.2 Å². The summed E-state index contributed by atoms with van der Waals surface area (Å²) in [6.07, 6.45) is -2.06. The molecule has 9 heteroatoms. The van der Waals surface area contributed by atoms with E-state index in [1.807, 2.05) is 0 Å². The van der Waals surface area contributed by atoms with Crippen LogP contribution in [0.1, 0.15) is 48.5 Å². The van der Waals surface area contributed by atoms with Gasteiger partial charge in [-0.3, -0.25) is 9.68 Å². The molecule has 0 aliphatic carbocycles. The van der Waals surface area contributed by atoms with E-state index < -0.39 is 29.1 Å². The van der Waals surface area contributed by atoms with Crippen LogP contribution in [0.5, 0.6) is 0 Å². The first kappa shape index (κ1) is 21.8. The van der Waals surface area contributed by atoms with E-state index in [9.17, 15) is 9.59 Å². The summed E-state index contributed by atoms with van der Waals surface area (Å²) in [5, 5.41) is 0.626. The zero-order valence-electron chi connectivity index (χ0n) is 14.7.